The third kappa shape index (κ3) is 7.96. The molecule has 212 valence electrons. The molecule has 1 heterocycles. The minimum Gasteiger partial charge on any atom is -0.493 e. The molecule has 0 atom stereocenters. The number of hydrogen-bond donors (Lipinski definition) is 0. The highest BCUT2D eigenvalue weighted by Gasteiger charge is 2.34. The van der Waals surface area contributed by atoms with Gasteiger partial charge in [0, 0.05) is 18.0 Å². The molecular weight excluding hydrogens is 553 g/mol. The number of alkyl halides is 3. The number of halogens is 3. The molecule has 12 heteroatoms. The lowest BCUT2D eigenvalue weighted by Gasteiger charge is -2.27. The fourth-order valence-corrected chi connectivity index (χ4v) is 6.20. The molecule has 0 aliphatic carbocycles. The zero-order valence-electron chi connectivity index (χ0n) is 21.9. The van der Waals surface area contributed by atoms with Crippen molar-refractivity contribution in [1.29, 1.82) is 0 Å². The highest BCUT2D eigenvalue weighted by atomic mass is 32.2. The van der Waals surface area contributed by atoms with Crippen LogP contribution in [0.3, 0.4) is 0 Å². The Labute approximate surface area is 230 Å². The standard InChI is InChI=1S/C27H31F3N2O5S2/c1-4-13-32(39(34,35)23-9-5-7-21(17-23)27(28,29)30)19-26(33)31(18-22-8-6-15-38-22)14-12-20-10-11-24(36-2)25(16-20)37-3/h5-11,15-17H,4,12-14,18-19H2,1-3H3. The predicted octanol–water partition coefficient (Wildman–Crippen LogP) is 5.46. The van der Waals surface area contributed by atoms with Crippen molar-refractivity contribution in [1.82, 2.24) is 9.21 Å². The first kappa shape index (κ1) is 30.5. The number of rotatable bonds is 13. The Kier molecular flexibility index (Phi) is 10.4. The number of sulfonamides is 1. The van der Waals surface area contributed by atoms with Crippen LogP contribution in [-0.2, 0) is 34.0 Å². The molecule has 1 aromatic heterocycles. The van der Waals surface area contributed by atoms with Crippen molar-refractivity contribution in [3.63, 3.8) is 0 Å². The van der Waals surface area contributed by atoms with Crippen LogP contribution in [0.1, 0.15) is 29.3 Å². The first-order valence-corrected chi connectivity index (χ1v) is 14.5. The average molecular weight is 585 g/mol. The van der Waals surface area contributed by atoms with E-state index in [-0.39, 0.29) is 19.6 Å². The Bertz CT molecular complexity index is 1350. The van der Waals surface area contributed by atoms with Gasteiger partial charge in [-0.15, -0.1) is 11.3 Å². The third-order valence-corrected chi connectivity index (χ3v) is 8.68. The molecule has 0 aliphatic rings. The molecule has 0 N–H and O–H groups in total. The highest BCUT2D eigenvalue weighted by Crippen LogP contribution is 2.31. The summed E-state index contributed by atoms with van der Waals surface area (Å²) in [5.41, 5.74) is -0.181. The minimum absolute atomic E-state index is 0.0210. The van der Waals surface area contributed by atoms with Gasteiger partial charge in [-0.25, -0.2) is 8.42 Å². The van der Waals surface area contributed by atoms with Gasteiger partial charge in [-0.2, -0.15) is 17.5 Å². The Morgan fingerprint density at radius 1 is 0.974 bits per heavy atom. The van der Waals surface area contributed by atoms with E-state index >= 15 is 0 Å². The van der Waals surface area contributed by atoms with E-state index in [9.17, 15) is 26.4 Å². The number of amides is 1. The van der Waals surface area contributed by atoms with Gasteiger partial charge in [-0.1, -0.05) is 25.1 Å². The van der Waals surface area contributed by atoms with E-state index in [2.05, 4.69) is 0 Å². The Morgan fingerprint density at radius 3 is 2.33 bits per heavy atom. The van der Waals surface area contributed by atoms with Crippen LogP contribution in [0.5, 0.6) is 11.5 Å². The number of methoxy groups -OCH3 is 2. The van der Waals surface area contributed by atoms with Gasteiger partial charge >= 0.3 is 6.18 Å². The van der Waals surface area contributed by atoms with Crippen LogP contribution in [-0.4, -0.2) is 57.4 Å². The summed E-state index contributed by atoms with van der Waals surface area (Å²) in [7, 11) is -1.30. The molecule has 0 aliphatic heterocycles. The van der Waals surface area contributed by atoms with Crippen molar-refractivity contribution in [2.24, 2.45) is 0 Å². The second-order valence-corrected chi connectivity index (χ2v) is 11.7. The maximum atomic E-state index is 13.5. The molecule has 1 amide bonds. The number of carbonyl (C=O) groups is 1. The van der Waals surface area contributed by atoms with Crippen LogP contribution in [0.25, 0.3) is 0 Å². The van der Waals surface area contributed by atoms with Crippen molar-refractivity contribution in [2.75, 3.05) is 33.9 Å². The van der Waals surface area contributed by atoms with Gasteiger partial charge in [-0.05, 0) is 60.2 Å². The summed E-state index contributed by atoms with van der Waals surface area (Å²) in [6, 6.07) is 12.7. The number of ether oxygens (including phenoxy) is 2. The van der Waals surface area contributed by atoms with Crippen molar-refractivity contribution < 1.29 is 35.9 Å². The minimum atomic E-state index is -4.70. The predicted molar refractivity (Wildman–Crippen MR) is 143 cm³/mol. The quantitative estimate of drug-likeness (QED) is 0.267. The van der Waals surface area contributed by atoms with Crippen LogP contribution < -0.4 is 9.47 Å². The summed E-state index contributed by atoms with van der Waals surface area (Å²) in [6.07, 6.45) is -3.85. The van der Waals surface area contributed by atoms with Crippen LogP contribution in [0.15, 0.2) is 64.9 Å². The number of nitrogens with zero attached hydrogens (tertiary/aromatic N) is 2. The Balaban J connectivity index is 1.84. The molecule has 0 spiro atoms. The van der Waals surface area contributed by atoms with Crippen LogP contribution in [0.2, 0.25) is 0 Å². The van der Waals surface area contributed by atoms with E-state index in [1.54, 1.807) is 17.9 Å². The van der Waals surface area contributed by atoms with Crippen molar-refractivity contribution in [3.8, 4) is 11.5 Å². The molecule has 0 saturated heterocycles. The summed E-state index contributed by atoms with van der Waals surface area (Å²) in [6.45, 7) is 1.78. The number of hydrogen-bond acceptors (Lipinski definition) is 6. The van der Waals surface area contributed by atoms with E-state index in [1.807, 2.05) is 29.6 Å². The van der Waals surface area contributed by atoms with Crippen molar-refractivity contribution in [3.05, 3.63) is 76.0 Å². The topological polar surface area (TPSA) is 76.2 Å². The van der Waals surface area contributed by atoms with Gasteiger partial charge < -0.3 is 14.4 Å². The molecular formula is C27H31F3N2O5S2. The maximum Gasteiger partial charge on any atom is 0.416 e. The fourth-order valence-electron chi connectivity index (χ4n) is 3.95. The number of benzene rings is 2. The van der Waals surface area contributed by atoms with E-state index in [0.717, 1.165) is 32.9 Å². The third-order valence-electron chi connectivity index (χ3n) is 5.98. The number of thiophene rings is 1. The van der Waals surface area contributed by atoms with Crippen molar-refractivity contribution >= 4 is 27.3 Å². The van der Waals surface area contributed by atoms with Gasteiger partial charge in [0.05, 0.1) is 37.8 Å². The van der Waals surface area contributed by atoms with Gasteiger partial charge in [0.15, 0.2) is 11.5 Å². The number of carbonyl (C=O) groups excluding carboxylic acids is 1. The van der Waals surface area contributed by atoms with E-state index < -0.39 is 39.1 Å². The summed E-state index contributed by atoms with van der Waals surface area (Å²) in [5.74, 6) is 0.670. The molecule has 0 unspecified atom stereocenters. The lowest BCUT2D eigenvalue weighted by atomic mass is 10.1. The maximum absolute atomic E-state index is 13.5. The monoisotopic (exact) mass is 584 g/mol. The summed E-state index contributed by atoms with van der Waals surface area (Å²) in [4.78, 5) is 15.5. The summed E-state index contributed by atoms with van der Waals surface area (Å²) in [5, 5.41) is 1.88. The molecule has 2 aromatic carbocycles. The Morgan fingerprint density at radius 2 is 1.72 bits per heavy atom. The molecule has 3 aromatic rings. The zero-order valence-corrected chi connectivity index (χ0v) is 23.5. The SMILES string of the molecule is CCCN(CC(=O)N(CCc1ccc(OC)c(OC)c1)Cc1cccs1)S(=O)(=O)c1cccc(C(F)(F)F)c1. The van der Waals surface area contributed by atoms with Gasteiger partial charge in [0.2, 0.25) is 15.9 Å². The lowest BCUT2D eigenvalue weighted by Crippen LogP contribution is -2.43. The molecule has 39 heavy (non-hydrogen) atoms. The average Bonchev–Trinajstić information content (AvgIpc) is 3.43. The molecule has 7 nitrogen and oxygen atoms in total. The molecule has 3 rings (SSSR count). The van der Waals surface area contributed by atoms with E-state index in [4.69, 9.17) is 9.47 Å². The molecule has 0 radical (unpaired) electrons. The Hall–Kier alpha value is -3.09. The first-order valence-electron chi connectivity index (χ1n) is 12.2. The smallest absolute Gasteiger partial charge is 0.416 e. The van der Waals surface area contributed by atoms with Gasteiger partial charge in [0.1, 0.15) is 0 Å². The first-order chi connectivity index (χ1) is 18.5. The van der Waals surface area contributed by atoms with Crippen molar-refractivity contribution in [2.45, 2.75) is 37.4 Å². The summed E-state index contributed by atoms with van der Waals surface area (Å²) < 4.78 is 78.0. The molecule has 0 saturated carbocycles. The lowest BCUT2D eigenvalue weighted by molar-refractivity contribution is -0.137. The van der Waals surface area contributed by atoms with Crippen LogP contribution >= 0.6 is 11.3 Å². The van der Waals surface area contributed by atoms with Crippen LogP contribution in [0.4, 0.5) is 13.2 Å². The zero-order chi connectivity index (χ0) is 28.6. The molecule has 0 bridgehead atoms. The normalized spacial score (nSPS) is 12.0. The van der Waals surface area contributed by atoms with Gasteiger partial charge in [-0.3, -0.25) is 4.79 Å². The fraction of sp³-hybridized carbons (Fsp3) is 0.370. The molecule has 0 fully saturated rings. The highest BCUT2D eigenvalue weighted by molar-refractivity contribution is 7.89. The second kappa shape index (κ2) is 13.3. The van der Waals surface area contributed by atoms with Gasteiger partial charge in [0.25, 0.3) is 0 Å². The van der Waals surface area contributed by atoms with E-state index in [1.165, 1.54) is 25.6 Å². The van der Waals surface area contributed by atoms with Crippen LogP contribution in [0, 0.1) is 0 Å². The second-order valence-electron chi connectivity index (χ2n) is 8.70. The van der Waals surface area contributed by atoms with E-state index in [0.29, 0.717) is 30.4 Å². The summed E-state index contributed by atoms with van der Waals surface area (Å²) >= 11 is 1.47. The largest absolute Gasteiger partial charge is 0.493 e.